The van der Waals surface area contributed by atoms with E-state index < -0.39 is 0 Å². The number of halogens is 2. The summed E-state index contributed by atoms with van der Waals surface area (Å²) in [5.41, 5.74) is 1.15. The van der Waals surface area contributed by atoms with E-state index >= 15 is 0 Å². The van der Waals surface area contributed by atoms with Crippen LogP contribution in [0.4, 0.5) is 0 Å². The van der Waals surface area contributed by atoms with Gasteiger partial charge < -0.3 is 10.2 Å². The molecule has 0 radical (unpaired) electrons. The first kappa shape index (κ1) is 20.7. The Morgan fingerprint density at radius 2 is 2.04 bits per heavy atom. The Kier molecular flexibility index (Phi) is 7.78. The fraction of sp³-hybridized carbons (Fsp3) is 0.750. The van der Waals surface area contributed by atoms with Crippen molar-refractivity contribution in [2.24, 2.45) is 11.8 Å². The third kappa shape index (κ3) is 4.38. The lowest BCUT2D eigenvalue weighted by Crippen LogP contribution is -2.51. The van der Waals surface area contributed by atoms with Crippen LogP contribution in [0.2, 0.25) is 0 Å². The number of carbonyl (C=O) groups is 1. The van der Waals surface area contributed by atoms with Crippen LogP contribution in [0.25, 0.3) is 0 Å². The van der Waals surface area contributed by atoms with E-state index in [-0.39, 0.29) is 30.7 Å². The van der Waals surface area contributed by atoms with Gasteiger partial charge in [-0.25, -0.2) is 4.98 Å². The maximum atomic E-state index is 12.7. The van der Waals surface area contributed by atoms with E-state index in [1.807, 2.05) is 0 Å². The van der Waals surface area contributed by atoms with Crippen molar-refractivity contribution in [3.05, 3.63) is 15.6 Å². The molecule has 2 aliphatic rings. The minimum atomic E-state index is 0. The Hall–Kier alpha value is -0.360. The van der Waals surface area contributed by atoms with Crippen LogP contribution in [0.1, 0.15) is 41.3 Å². The van der Waals surface area contributed by atoms with Gasteiger partial charge in [0.2, 0.25) is 5.91 Å². The Bertz CT molecular complexity index is 514. The van der Waals surface area contributed by atoms with Crippen LogP contribution in [0.15, 0.2) is 0 Å². The standard InChI is InChI=1S/C16H25N3OS.2ClH/c1-10(14-7-17-8-14)16(20)19-6-4-5-13(9-19)15-18-11(2)12(3)21-15;;/h10,13-14,17H,4-9H2,1-3H3;2*1H. The number of thiazole rings is 1. The second kappa shape index (κ2) is 8.65. The van der Waals surface area contributed by atoms with Gasteiger partial charge in [0.25, 0.3) is 0 Å². The maximum absolute atomic E-state index is 12.7. The van der Waals surface area contributed by atoms with E-state index in [0.29, 0.717) is 17.7 Å². The van der Waals surface area contributed by atoms with Gasteiger partial charge in [-0.2, -0.15) is 0 Å². The number of nitrogens with zero attached hydrogens (tertiary/aromatic N) is 2. The number of amides is 1. The quantitative estimate of drug-likeness (QED) is 0.876. The number of nitrogens with one attached hydrogen (secondary N) is 1. The summed E-state index contributed by atoms with van der Waals surface area (Å²) in [4.78, 5) is 20.8. The number of aromatic nitrogens is 1. The van der Waals surface area contributed by atoms with Crippen LogP contribution in [-0.2, 0) is 4.79 Å². The van der Waals surface area contributed by atoms with Gasteiger partial charge in [0.15, 0.2) is 0 Å². The largest absolute Gasteiger partial charge is 0.342 e. The molecule has 0 aliphatic carbocycles. The fourth-order valence-electron chi connectivity index (χ4n) is 3.21. The normalized spacial score (nSPS) is 22.6. The van der Waals surface area contributed by atoms with Crippen molar-refractivity contribution in [2.45, 2.75) is 39.5 Å². The molecule has 4 nitrogen and oxygen atoms in total. The van der Waals surface area contributed by atoms with Crippen LogP contribution in [0, 0.1) is 25.7 Å². The molecule has 1 aromatic heterocycles. The SMILES string of the molecule is Cc1nc(C2CCCN(C(=O)C(C)C3CNC3)C2)sc1C.Cl.Cl. The van der Waals surface area contributed by atoms with Crippen molar-refractivity contribution in [3.8, 4) is 0 Å². The van der Waals surface area contributed by atoms with Crippen molar-refractivity contribution in [1.82, 2.24) is 15.2 Å². The second-order valence-corrected chi connectivity index (χ2v) is 7.76. The zero-order chi connectivity index (χ0) is 15.0. The molecule has 2 atom stereocenters. The molecule has 0 aromatic carbocycles. The molecule has 23 heavy (non-hydrogen) atoms. The highest BCUT2D eigenvalue weighted by atomic mass is 35.5. The number of rotatable bonds is 3. The highest BCUT2D eigenvalue weighted by Gasteiger charge is 2.34. The lowest BCUT2D eigenvalue weighted by Gasteiger charge is -2.38. The van der Waals surface area contributed by atoms with Crippen molar-refractivity contribution >= 4 is 42.1 Å². The molecule has 0 spiro atoms. The minimum absolute atomic E-state index is 0. The molecule has 2 unspecified atom stereocenters. The Morgan fingerprint density at radius 1 is 1.35 bits per heavy atom. The fourth-order valence-corrected chi connectivity index (χ4v) is 4.25. The third-order valence-electron chi connectivity index (χ3n) is 5.04. The zero-order valence-corrected chi connectivity index (χ0v) is 16.5. The van der Waals surface area contributed by atoms with Gasteiger partial charge >= 0.3 is 0 Å². The first-order valence-corrected chi connectivity index (χ1v) is 8.81. The van der Waals surface area contributed by atoms with Gasteiger partial charge in [-0.3, -0.25) is 4.79 Å². The lowest BCUT2D eigenvalue weighted by atomic mass is 9.87. The van der Waals surface area contributed by atoms with Crippen LogP contribution >= 0.6 is 36.2 Å². The Labute approximate surface area is 155 Å². The summed E-state index contributed by atoms with van der Waals surface area (Å²) >= 11 is 1.81. The molecule has 3 rings (SSSR count). The van der Waals surface area contributed by atoms with Gasteiger partial charge in [0, 0.05) is 29.8 Å². The van der Waals surface area contributed by atoms with Gasteiger partial charge in [-0.05, 0) is 45.7 Å². The molecule has 1 N–H and O–H groups in total. The summed E-state index contributed by atoms with van der Waals surface area (Å²) in [6.45, 7) is 10.1. The van der Waals surface area contributed by atoms with Gasteiger partial charge in [-0.1, -0.05) is 6.92 Å². The van der Waals surface area contributed by atoms with Crippen molar-refractivity contribution in [2.75, 3.05) is 26.2 Å². The maximum Gasteiger partial charge on any atom is 0.225 e. The molecule has 2 saturated heterocycles. The van der Waals surface area contributed by atoms with Crippen molar-refractivity contribution in [3.63, 3.8) is 0 Å². The van der Waals surface area contributed by atoms with E-state index in [0.717, 1.165) is 44.7 Å². The lowest BCUT2D eigenvalue weighted by molar-refractivity contribution is -0.138. The minimum Gasteiger partial charge on any atom is -0.342 e. The molecule has 0 bridgehead atoms. The third-order valence-corrected chi connectivity index (χ3v) is 6.27. The summed E-state index contributed by atoms with van der Waals surface area (Å²) in [6, 6.07) is 0. The molecular formula is C16H27Cl2N3OS. The summed E-state index contributed by atoms with van der Waals surface area (Å²) in [5.74, 6) is 1.47. The molecule has 1 amide bonds. The molecule has 2 fully saturated rings. The summed E-state index contributed by atoms with van der Waals surface area (Å²) in [5, 5.41) is 4.49. The Balaban J connectivity index is 0.00000132. The molecule has 132 valence electrons. The topological polar surface area (TPSA) is 45.2 Å². The monoisotopic (exact) mass is 379 g/mol. The molecule has 3 heterocycles. The molecule has 1 aromatic rings. The van der Waals surface area contributed by atoms with E-state index in [4.69, 9.17) is 4.98 Å². The number of carbonyl (C=O) groups excluding carboxylic acids is 1. The van der Waals surface area contributed by atoms with Crippen LogP contribution < -0.4 is 5.32 Å². The van der Waals surface area contributed by atoms with E-state index in [2.05, 4.69) is 31.0 Å². The first-order chi connectivity index (χ1) is 10.1. The summed E-state index contributed by atoms with van der Waals surface area (Å²) in [6.07, 6.45) is 2.26. The van der Waals surface area contributed by atoms with Crippen LogP contribution in [-0.4, -0.2) is 42.0 Å². The number of likely N-dealkylation sites (tertiary alicyclic amines) is 1. The van der Waals surface area contributed by atoms with Crippen LogP contribution in [0.3, 0.4) is 0 Å². The summed E-state index contributed by atoms with van der Waals surface area (Å²) < 4.78 is 0. The molecule has 0 saturated carbocycles. The zero-order valence-electron chi connectivity index (χ0n) is 14.0. The van der Waals surface area contributed by atoms with E-state index in [1.165, 1.54) is 9.88 Å². The van der Waals surface area contributed by atoms with Gasteiger partial charge in [0.05, 0.1) is 10.7 Å². The first-order valence-electron chi connectivity index (χ1n) is 7.99. The van der Waals surface area contributed by atoms with Crippen molar-refractivity contribution < 1.29 is 4.79 Å². The molecular weight excluding hydrogens is 353 g/mol. The highest BCUT2D eigenvalue weighted by molar-refractivity contribution is 7.11. The number of aryl methyl sites for hydroxylation is 2. The van der Waals surface area contributed by atoms with Gasteiger partial charge in [-0.15, -0.1) is 36.2 Å². The highest BCUT2D eigenvalue weighted by Crippen LogP contribution is 2.32. The predicted molar refractivity (Wildman–Crippen MR) is 100 cm³/mol. The van der Waals surface area contributed by atoms with Crippen LogP contribution in [0.5, 0.6) is 0 Å². The van der Waals surface area contributed by atoms with Crippen molar-refractivity contribution in [1.29, 1.82) is 0 Å². The summed E-state index contributed by atoms with van der Waals surface area (Å²) in [7, 11) is 0. The average Bonchev–Trinajstić information content (AvgIpc) is 2.76. The average molecular weight is 380 g/mol. The molecule has 7 heteroatoms. The smallest absolute Gasteiger partial charge is 0.225 e. The number of hydrogen-bond donors (Lipinski definition) is 1. The Morgan fingerprint density at radius 3 is 2.57 bits per heavy atom. The van der Waals surface area contributed by atoms with Gasteiger partial charge in [0.1, 0.15) is 0 Å². The predicted octanol–water partition coefficient (Wildman–Crippen LogP) is 3.17. The van der Waals surface area contributed by atoms with E-state index in [9.17, 15) is 4.79 Å². The van der Waals surface area contributed by atoms with E-state index in [1.54, 1.807) is 11.3 Å². The molecule has 2 aliphatic heterocycles. The number of hydrogen-bond acceptors (Lipinski definition) is 4. The number of piperidine rings is 1. The second-order valence-electron chi connectivity index (χ2n) is 6.52.